The number of rotatable bonds is 10. The monoisotopic (exact) mass is 704 g/mol. The van der Waals surface area contributed by atoms with Crippen molar-refractivity contribution in [1.29, 1.82) is 0 Å². The lowest BCUT2D eigenvalue weighted by atomic mass is 10.0. The molecule has 0 saturated carbocycles. The number of aliphatic carboxylic acids is 2. The largest absolute Gasteiger partial charge is 0.478 e. The van der Waals surface area contributed by atoms with Crippen molar-refractivity contribution in [3.05, 3.63) is 45.7 Å². The zero-order valence-electron chi connectivity index (χ0n) is 24.9. The molecule has 3 aromatic rings. The van der Waals surface area contributed by atoms with E-state index in [1.807, 2.05) is 29.0 Å². The van der Waals surface area contributed by atoms with Crippen LogP contribution in [0.15, 0.2) is 40.8 Å². The summed E-state index contributed by atoms with van der Waals surface area (Å²) in [5.74, 6) is -3.28. The number of amides is 2. The normalized spacial score (nSPS) is 20.9. The summed E-state index contributed by atoms with van der Waals surface area (Å²) in [5.41, 5.74) is 13.7. The molecule has 0 aliphatic carbocycles. The van der Waals surface area contributed by atoms with E-state index in [0.29, 0.717) is 11.4 Å². The molecule has 2 amide bonds. The lowest BCUT2D eigenvalue weighted by Crippen LogP contribution is -2.71. The summed E-state index contributed by atoms with van der Waals surface area (Å²) >= 11 is 8.35. The van der Waals surface area contributed by atoms with E-state index in [1.54, 1.807) is 0 Å². The molecule has 0 aromatic carbocycles. The van der Waals surface area contributed by atoms with E-state index in [-0.39, 0.29) is 39.2 Å². The Bertz CT molecular complexity index is 1850. The summed E-state index contributed by atoms with van der Waals surface area (Å²) in [6.45, 7) is 3.21. The number of fused-ring (bicyclic) bond motifs is 2. The van der Waals surface area contributed by atoms with Crippen LogP contribution in [-0.2, 0) is 30.6 Å². The standard InChI is InChI=1S/C28H30ClN9O7S2/c1-12(26(41)42)45-35-19(18-22(29)47-28(31)34-18)23(39)33-20-24(40)38-21(27(43)44)13(11-46-25(20)38)10-36-8-2-3-15-16(36)9-17(30)37(15)14-4-6-32-7-5-14/h2-3,8-9,12,14,20,25,30,32H,4-7,10-11H2,1H3,(H5,31,33,34,39,41,42,43,44)/p+1/b35-19-/t12-,20+,25?/m0/s1. The summed E-state index contributed by atoms with van der Waals surface area (Å²) in [7, 11) is 0. The van der Waals surface area contributed by atoms with Gasteiger partial charge in [0.05, 0.1) is 6.07 Å². The van der Waals surface area contributed by atoms with Gasteiger partial charge in [-0.05, 0) is 38.9 Å². The highest BCUT2D eigenvalue weighted by atomic mass is 35.5. The van der Waals surface area contributed by atoms with E-state index in [2.05, 4.69) is 25.3 Å². The molecule has 1 unspecified atom stereocenters. The van der Waals surface area contributed by atoms with Crippen molar-refractivity contribution in [3.8, 4) is 0 Å². The van der Waals surface area contributed by atoms with Gasteiger partial charge < -0.3 is 41.7 Å². The Kier molecular flexibility index (Phi) is 9.01. The summed E-state index contributed by atoms with van der Waals surface area (Å²) in [4.78, 5) is 60.7. The third-order valence-electron chi connectivity index (χ3n) is 8.18. The van der Waals surface area contributed by atoms with Gasteiger partial charge in [0.1, 0.15) is 38.5 Å². The fourth-order valence-corrected chi connectivity index (χ4v) is 8.19. The van der Waals surface area contributed by atoms with Crippen LogP contribution in [0.1, 0.15) is 31.5 Å². The average molecular weight is 705 g/mol. The third-order valence-corrected chi connectivity index (χ3v) is 10.6. The minimum atomic E-state index is -1.41. The number of nitrogens with zero attached hydrogens (tertiary/aromatic N) is 5. The van der Waals surface area contributed by atoms with Crippen molar-refractivity contribution < 1.29 is 38.8 Å². The van der Waals surface area contributed by atoms with Gasteiger partial charge in [0.2, 0.25) is 11.6 Å². The number of anilines is 2. The molecule has 3 aliphatic heterocycles. The molecular formula is C28H31ClN9O7S2+. The van der Waals surface area contributed by atoms with Crippen molar-refractivity contribution in [2.75, 3.05) is 30.3 Å². The van der Waals surface area contributed by atoms with E-state index in [0.717, 1.165) is 48.3 Å². The number of pyridine rings is 1. The highest BCUT2D eigenvalue weighted by Crippen LogP contribution is 2.41. The first kappa shape index (κ1) is 32.5. The van der Waals surface area contributed by atoms with Gasteiger partial charge in [0.15, 0.2) is 23.6 Å². The Hall–Kier alpha value is -4.39. The first-order chi connectivity index (χ1) is 22.5. The molecule has 2 saturated heterocycles. The smallest absolute Gasteiger partial charge is 0.352 e. The summed E-state index contributed by atoms with van der Waals surface area (Å²) < 4.78 is 4.06. The fraction of sp³-hybridized carbons (Fsp3) is 0.393. The van der Waals surface area contributed by atoms with E-state index in [1.165, 1.54) is 23.6 Å². The number of nitrogens with one attached hydrogen (secondary N) is 2. The maximum atomic E-state index is 13.4. The molecule has 248 valence electrons. The molecule has 0 spiro atoms. The number of aromatic nitrogens is 3. The van der Waals surface area contributed by atoms with Crippen molar-refractivity contribution in [1.82, 2.24) is 25.1 Å². The molecule has 8 N–H and O–H groups in total. The first-order valence-electron chi connectivity index (χ1n) is 14.6. The second-order valence-corrected chi connectivity index (χ2v) is 13.9. The summed E-state index contributed by atoms with van der Waals surface area (Å²) in [5, 5.41) is 28.3. The van der Waals surface area contributed by atoms with Crippen LogP contribution in [0, 0.1) is 0 Å². The number of hydrogen-bond acceptors (Lipinski definition) is 12. The molecule has 19 heteroatoms. The van der Waals surface area contributed by atoms with Crippen LogP contribution in [0.25, 0.3) is 11.0 Å². The van der Waals surface area contributed by atoms with E-state index < -0.39 is 47.0 Å². The van der Waals surface area contributed by atoms with E-state index >= 15 is 0 Å². The average Bonchev–Trinajstić information content (AvgIpc) is 3.56. The van der Waals surface area contributed by atoms with Gasteiger partial charge in [-0.2, -0.15) is 4.57 Å². The maximum Gasteiger partial charge on any atom is 0.352 e. The summed E-state index contributed by atoms with van der Waals surface area (Å²) in [6.07, 6.45) is 2.32. The number of thiazole rings is 1. The van der Waals surface area contributed by atoms with E-state index in [9.17, 15) is 24.3 Å². The Morgan fingerprint density at radius 2 is 2.04 bits per heavy atom. The first-order valence-corrected chi connectivity index (χ1v) is 16.8. The number of oxime groups is 1. The number of carbonyl (C=O) groups excluding carboxylic acids is 2. The Labute approximate surface area is 280 Å². The number of β-lactam (4-membered cyclic amide) rings is 1. The fourth-order valence-electron chi connectivity index (χ4n) is 5.92. The van der Waals surface area contributed by atoms with Crippen LogP contribution in [0.2, 0.25) is 4.34 Å². The molecule has 6 rings (SSSR count). The van der Waals surface area contributed by atoms with Crippen LogP contribution >= 0.6 is 34.7 Å². The number of thioether (sulfide) groups is 1. The van der Waals surface area contributed by atoms with Gasteiger partial charge in [-0.1, -0.05) is 28.1 Å². The van der Waals surface area contributed by atoms with Crippen LogP contribution in [0.5, 0.6) is 0 Å². The minimum Gasteiger partial charge on any atom is -0.478 e. The second-order valence-electron chi connectivity index (χ2n) is 11.1. The van der Waals surface area contributed by atoms with Crippen molar-refractivity contribution in [2.45, 2.75) is 49.9 Å². The number of hydrogen-bond donors (Lipinski definition) is 6. The van der Waals surface area contributed by atoms with E-state index in [4.69, 9.17) is 33.0 Å². The highest BCUT2D eigenvalue weighted by molar-refractivity contribution is 8.00. The lowest BCUT2D eigenvalue weighted by Gasteiger charge is -2.49. The van der Waals surface area contributed by atoms with Gasteiger partial charge in [-0.25, -0.2) is 14.6 Å². The lowest BCUT2D eigenvalue weighted by molar-refractivity contribution is -0.663. The molecule has 0 radical (unpaired) electrons. The molecule has 16 nitrogen and oxygen atoms in total. The molecular weight excluding hydrogens is 674 g/mol. The number of nitrogens with two attached hydrogens (primary N) is 2. The number of carboxylic acid groups (broad SMARTS) is 2. The maximum absolute atomic E-state index is 13.4. The predicted molar refractivity (Wildman–Crippen MR) is 174 cm³/mol. The van der Waals surface area contributed by atoms with Gasteiger partial charge in [-0.15, -0.1) is 11.8 Å². The molecule has 47 heavy (non-hydrogen) atoms. The predicted octanol–water partition coefficient (Wildman–Crippen LogP) is 0.760. The summed E-state index contributed by atoms with van der Waals surface area (Å²) in [6, 6.07) is 4.90. The quantitative estimate of drug-likeness (QED) is 0.0744. The molecule has 6 heterocycles. The van der Waals surface area contributed by atoms with Crippen molar-refractivity contribution in [2.24, 2.45) is 5.16 Å². The highest BCUT2D eigenvalue weighted by Gasteiger charge is 2.55. The third kappa shape index (κ3) is 6.08. The number of halogens is 1. The minimum absolute atomic E-state index is 0.00214. The SMILES string of the molecule is C[C@H](O/N=C(\C(=O)N[C@@H]1C(=O)N2C(C(=O)O)=C(C[n+]3cccc4c3cc(N)n4C3CCNCC3)CSC12)c1nc(N)sc1Cl)C(=O)O. The number of carboxylic acids is 2. The van der Waals surface area contributed by atoms with Gasteiger partial charge >= 0.3 is 11.9 Å². The number of piperidine rings is 1. The second kappa shape index (κ2) is 13.0. The number of nitrogen functional groups attached to an aromatic ring is 2. The van der Waals surface area contributed by atoms with Crippen molar-refractivity contribution in [3.63, 3.8) is 0 Å². The van der Waals surface area contributed by atoms with Crippen LogP contribution in [-0.4, -0.2) is 90.5 Å². The Balaban J connectivity index is 1.24. The van der Waals surface area contributed by atoms with Crippen molar-refractivity contribution >= 4 is 86.1 Å². The van der Waals surface area contributed by atoms with Gasteiger partial charge in [-0.3, -0.25) is 14.5 Å². The molecule has 3 aliphatic rings. The van der Waals surface area contributed by atoms with Gasteiger partial charge in [0, 0.05) is 23.4 Å². The zero-order valence-corrected chi connectivity index (χ0v) is 27.3. The Morgan fingerprint density at radius 3 is 2.70 bits per heavy atom. The topological polar surface area (TPSA) is 231 Å². The van der Waals surface area contributed by atoms with Crippen LogP contribution < -0.4 is 26.7 Å². The van der Waals surface area contributed by atoms with Gasteiger partial charge in [0.25, 0.3) is 11.8 Å². The molecule has 0 bridgehead atoms. The Morgan fingerprint density at radius 1 is 1.30 bits per heavy atom. The zero-order chi connectivity index (χ0) is 33.6. The molecule has 2 fully saturated rings. The van der Waals surface area contributed by atoms with Crippen LogP contribution in [0.3, 0.4) is 0 Å². The van der Waals surface area contributed by atoms with Crippen LogP contribution in [0.4, 0.5) is 10.9 Å². The molecule has 3 atom stereocenters. The molecule has 3 aromatic heterocycles. The number of carbonyl (C=O) groups is 4.